The van der Waals surface area contributed by atoms with Gasteiger partial charge in [-0.05, 0) is 43.2 Å². The summed E-state index contributed by atoms with van der Waals surface area (Å²) < 4.78 is 31.1. The zero-order chi connectivity index (χ0) is 18.2. The van der Waals surface area contributed by atoms with Gasteiger partial charge >= 0.3 is 0 Å². The van der Waals surface area contributed by atoms with Crippen molar-refractivity contribution in [1.29, 1.82) is 0 Å². The Bertz CT molecular complexity index is 874. The van der Waals surface area contributed by atoms with Crippen molar-refractivity contribution < 1.29 is 17.6 Å². The molecular weight excluding hydrogens is 364 g/mol. The van der Waals surface area contributed by atoms with Crippen molar-refractivity contribution in [1.82, 2.24) is 9.21 Å². The summed E-state index contributed by atoms with van der Waals surface area (Å²) in [6.07, 6.45) is 3.39. The Morgan fingerprint density at radius 1 is 1.28 bits per heavy atom. The molecule has 1 heterocycles. The first kappa shape index (κ1) is 18.0. The molecule has 2 aromatic rings. The first-order chi connectivity index (χ1) is 11.8. The first-order valence-corrected chi connectivity index (χ1v) is 9.68. The van der Waals surface area contributed by atoms with Gasteiger partial charge < -0.3 is 9.32 Å². The highest BCUT2D eigenvalue weighted by molar-refractivity contribution is 7.89. The highest BCUT2D eigenvalue weighted by Gasteiger charge is 2.35. The summed E-state index contributed by atoms with van der Waals surface area (Å²) in [5, 5.41) is 0.229. The Hall–Kier alpha value is -1.83. The monoisotopic (exact) mass is 382 g/mol. The lowest BCUT2D eigenvalue weighted by Crippen LogP contribution is -2.33. The normalized spacial score (nSPS) is 14.7. The molecule has 1 amide bonds. The van der Waals surface area contributed by atoms with Gasteiger partial charge in [0.2, 0.25) is 10.0 Å². The smallest absolute Gasteiger partial charge is 0.256 e. The van der Waals surface area contributed by atoms with Crippen LogP contribution in [0.1, 0.15) is 29.0 Å². The molecule has 1 aromatic heterocycles. The van der Waals surface area contributed by atoms with Crippen molar-refractivity contribution in [3.05, 3.63) is 52.9 Å². The Morgan fingerprint density at radius 3 is 2.56 bits per heavy atom. The van der Waals surface area contributed by atoms with Gasteiger partial charge in [0.25, 0.3) is 5.91 Å². The van der Waals surface area contributed by atoms with Crippen LogP contribution in [0.25, 0.3) is 0 Å². The van der Waals surface area contributed by atoms with E-state index in [1.54, 1.807) is 23.3 Å². The number of benzene rings is 1. The fraction of sp³-hybridized carbons (Fsp3) is 0.353. The maximum atomic E-state index is 13.0. The van der Waals surface area contributed by atoms with Gasteiger partial charge in [-0.25, -0.2) is 12.7 Å². The standard InChI is InChI=1S/C17H19ClN2O4S/c1-19(2)25(22,23)14-7-8-16(18)15(10-14)17(21)20(12-5-6-12)11-13-4-3-9-24-13/h3-4,7-10,12H,5-6,11H2,1-2H3. The van der Waals surface area contributed by atoms with Crippen molar-refractivity contribution in [2.45, 2.75) is 30.3 Å². The molecule has 0 atom stereocenters. The van der Waals surface area contributed by atoms with Crippen LogP contribution < -0.4 is 0 Å². The molecule has 134 valence electrons. The molecule has 0 spiro atoms. The Morgan fingerprint density at radius 2 is 2.00 bits per heavy atom. The summed E-state index contributed by atoms with van der Waals surface area (Å²) >= 11 is 6.19. The van der Waals surface area contributed by atoms with Gasteiger partial charge in [0.1, 0.15) is 5.76 Å². The van der Waals surface area contributed by atoms with E-state index in [0.29, 0.717) is 12.3 Å². The molecule has 1 aromatic carbocycles. The molecule has 3 rings (SSSR count). The minimum absolute atomic E-state index is 0.0407. The topological polar surface area (TPSA) is 70.8 Å². The van der Waals surface area contributed by atoms with Crippen molar-refractivity contribution in [2.24, 2.45) is 0 Å². The van der Waals surface area contributed by atoms with Gasteiger partial charge in [0.15, 0.2) is 0 Å². The molecule has 1 aliphatic carbocycles. The van der Waals surface area contributed by atoms with E-state index in [0.717, 1.165) is 17.1 Å². The maximum Gasteiger partial charge on any atom is 0.256 e. The minimum atomic E-state index is -3.64. The number of carbonyl (C=O) groups excluding carboxylic acids is 1. The summed E-state index contributed by atoms with van der Waals surface area (Å²) in [5.41, 5.74) is 0.183. The van der Waals surface area contributed by atoms with Crippen LogP contribution >= 0.6 is 11.6 Å². The van der Waals surface area contributed by atoms with Crippen molar-refractivity contribution >= 4 is 27.5 Å². The van der Waals surface area contributed by atoms with Gasteiger partial charge in [0.05, 0.1) is 28.3 Å². The molecule has 1 saturated carbocycles. The lowest BCUT2D eigenvalue weighted by Gasteiger charge is -2.22. The molecule has 0 N–H and O–H groups in total. The van der Waals surface area contributed by atoms with Crippen molar-refractivity contribution in [2.75, 3.05) is 14.1 Å². The number of furan rings is 1. The quantitative estimate of drug-likeness (QED) is 0.770. The number of rotatable bonds is 6. The molecule has 0 aliphatic heterocycles. The second-order valence-electron chi connectivity index (χ2n) is 6.17. The number of nitrogens with zero attached hydrogens (tertiary/aromatic N) is 2. The van der Waals surface area contributed by atoms with Gasteiger partial charge in [0, 0.05) is 20.1 Å². The van der Waals surface area contributed by atoms with Crippen molar-refractivity contribution in [3.63, 3.8) is 0 Å². The average Bonchev–Trinajstić information content (AvgIpc) is 3.28. The SMILES string of the molecule is CN(C)S(=O)(=O)c1ccc(Cl)c(C(=O)N(Cc2ccco2)C2CC2)c1. The van der Waals surface area contributed by atoms with Gasteiger partial charge in [-0.1, -0.05) is 11.6 Å². The van der Waals surface area contributed by atoms with Crippen LogP contribution in [0.15, 0.2) is 45.9 Å². The van der Waals surface area contributed by atoms with Crippen LogP contribution in [-0.2, 0) is 16.6 Å². The van der Waals surface area contributed by atoms with Crippen LogP contribution in [-0.4, -0.2) is 43.7 Å². The molecule has 0 unspecified atom stereocenters. The van der Waals surface area contributed by atoms with E-state index in [2.05, 4.69) is 0 Å². The predicted molar refractivity (Wildman–Crippen MR) is 93.9 cm³/mol. The number of sulfonamides is 1. The fourth-order valence-corrected chi connectivity index (χ4v) is 3.64. The highest BCUT2D eigenvalue weighted by Crippen LogP contribution is 2.32. The van der Waals surface area contributed by atoms with E-state index >= 15 is 0 Å². The van der Waals surface area contributed by atoms with Crippen LogP contribution in [0.4, 0.5) is 0 Å². The Labute approximate surface area is 152 Å². The van der Waals surface area contributed by atoms with E-state index in [1.165, 1.54) is 32.3 Å². The number of amides is 1. The van der Waals surface area contributed by atoms with Gasteiger partial charge in [-0.3, -0.25) is 4.79 Å². The molecule has 0 radical (unpaired) electrons. The van der Waals surface area contributed by atoms with E-state index < -0.39 is 10.0 Å². The van der Waals surface area contributed by atoms with Crippen LogP contribution in [0.5, 0.6) is 0 Å². The van der Waals surface area contributed by atoms with Crippen LogP contribution in [0.2, 0.25) is 5.02 Å². The lowest BCUT2D eigenvalue weighted by atomic mass is 10.2. The molecule has 0 saturated heterocycles. The summed E-state index contributed by atoms with van der Waals surface area (Å²) in [6.45, 7) is 0.331. The zero-order valence-corrected chi connectivity index (χ0v) is 15.5. The largest absolute Gasteiger partial charge is 0.467 e. The van der Waals surface area contributed by atoms with E-state index in [1.807, 2.05) is 0 Å². The highest BCUT2D eigenvalue weighted by atomic mass is 35.5. The number of hydrogen-bond acceptors (Lipinski definition) is 4. The molecule has 25 heavy (non-hydrogen) atoms. The third-order valence-corrected chi connectivity index (χ3v) is 6.24. The molecule has 8 heteroatoms. The Kier molecular flexibility index (Phi) is 4.90. The molecule has 6 nitrogen and oxygen atoms in total. The third kappa shape index (κ3) is 3.73. The van der Waals surface area contributed by atoms with Gasteiger partial charge in [-0.15, -0.1) is 0 Å². The first-order valence-electron chi connectivity index (χ1n) is 7.86. The predicted octanol–water partition coefficient (Wildman–Crippen LogP) is 2.99. The average molecular weight is 383 g/mol. The van der Waals surface area contributed by atoms with E-state index in [9.17, 15) is 13.2 Å². The third-order valence-electron chi connectivity index (χ3n) is 4.10. The van der Waals surface area contributed by atoms with Crippen LogP contribution in [0, 0.1) is 0 Å². The maximum absolute atomic E-state index is 13.0. The summed E-state index contributed by atoms with van der Waals surface area (Å²) in [4.78, 5) is 14.7. The molecule has 0 bridgehead atoms. The lowest BCUT2D eigenvalue weighted by molar-refractivity contribution is 0.0717. The number of halogens is 1. The minimum Gasteiger partial charge on any atom is -0.467 e. The molecule has 1 aliphatic rings. The summed E-state index contributed by atoms with van der Waals surface area (Å²) in [5.74, 6) is 0.383. The molecule has 1 fully saturated rings. The zero-order valence-electron chi connectivity index (χ0n) is 14.0. The van der Waals surface area contributed by atoms with E-state index in [-0.39, 0.29) is 27.4 Å². The Balaban J connectivity index is 1.95. The van der Waals surface area contributed by atoms with Crippen LogP contribution in [0.3, 0.4) is 0 Å². The van der Waals surface area contributed by atoms with Crippen molar-refractivity contribution in [3.8, 4) is 0 Å². The molecular formula is C17H19ClN2O4S. The second-order valence-corrected chi connectivity index (χ2v) is 8.73. The van der Waals surface area contributed by atoms with E-state index in [4.69, 9.17) is 16.0 Å². The summed E-state index contributed by atoms with van der Waals surface area (Å²) in [7, 11) is -0.758. The number of hydrogen-bond donors (Lipinski definition) is 0. The number of carbonyl (C=O) groups is 1. The second kappa shape index (κ2) is 6.82. The summed E-state index contributed by atoms with van der Waals surface area (Å²) in [6, 6.07) is 7.89. The van der Waals surface area contributed by atoms with Gasteiger partial charge in [-0.2, -0.15) is 0 Å². The fourth-order valence-electron chi connectivity index (χ4n) is 2.52.